The Labute approximate surface area is 128 Å². The van der Waals surface area contributed by atoms with Crippen LogP contribution in [0, 0.1) is 0 Å². The molecule has 1 aliphatic carbocycles. The molecule has 0 amide bonds. The summed E-state index contributed by atoms with van der Waals surface area (Å²) in [6.45, 7) is 4.39. The molecule has 1 heterocycles. The van der Waals surface area contributed by atoms with Crippen molar-refractivity contribution in [3.05, 3.63) is 47.8 Å². The van der Waals surface area contributed by atoms with Gasteiger partial charge in [0.15, 0.2) is 5.16 Å². The summed E-state index contributed by atoms with van der Waals surface area (Å²) in [6, 6.07) is 7.72. The van der Waals surface area contributed by atoms with Gasteiger partial charge in [-0.15, -0.1) is 0 Å². The Morgan fingerprint density at radius 2 is 2.00 bits per heavy atom. The van der Waals surface area contributed by atoms with E-state index >= 15 is 0 Å². The van der Waals surface area contributed by atoms with Crippen LogP contribution in [0.1, 0.15) is 25.0 Å². The molecular weight excluding hydrogens is 282 g/mol. The van der Waals surface area contributed by atoms with Crippen LogP contribution in [-0.4, -0.2) is 26.4 Å². The van der Waals surface area contributed by atoms with Crippen LogP contribution in [0.5, 0.6) is 5.75 Å². The van der Waals surface area contributed by atoms with E-state index in [1.54, 1.807) is 30.2 Å². The topological polar surface area (TPSA) is 73.7 Å². The van der Waals surface area contributed by atoms with Crippen molar-refractivity contribution in [3.63, 3.8) is 0 Å². The van der Waals surface area contributed by atoms with Crippen LogP contribution >= 0.6 is 11.8 Å². The highest BCUT2D eigenvalue weighted by Crippen LogP contribution is 2.41. The first kappa shape index (κ1) is 14.4. The van der Waals surface area contributed by atoms with E-state index in [0.717, 1.165) is 11.6 Å². The number of rotatable bonds is 2. The average Bonchev–Trinajstić information content (AvgIpc) is 2.47. The van der Waals surface area contributed by atoms with Gasteiger partial charge in [0.2, 0.25) is 0 Å². The highest BCUT2D eigenvalue weighted by atomic mass is 32.2. The fourth-order valence-corrected chi connectivity index (χ4v) is 4.25. The smallest absolute Gasteiger partial charge is 0.187 e. The quantitative estimate of drug-likeness (QED) is 0.830. The molecule has 5 heteroatoms. The Hall–Kier alpha value is -1.59. The summed E-state index contributed by atoms with van der Waals surface area (Å²) < 4.78 is 0. The largest absolute Gasteiger partial charge is 0.508 e. The first-order valence-electron chi connectivity index (χ1n) is 7.07. The van der Waals surface area contributed by atoms with Crippen LogP contribution in [-0.2, 0) is 11.8 Å². The van der Waals surface area contributed by atoms with E-state index < -0.39 is 0 Å². The number of phenols is 1. The van der Waals surface area contributed by atoms with Crippen molar-refractivity contribution < 1.29 is 10.8 Å². The maximum absolute atomic E-state index is 9.76. The number of aromatic nitrogens is 2. The molecule has 0 bridgehead atoms. The number of thioether (sulfide) groups is 1. The molecule has 1 aliphatic rings. The van der Waals surface area contributed by atoms with Gasteiger partial charge in [0.05, 0.1) is 5.25 Å². The summed E-state index contributed by atoms with van der Waals surface area (Å²) in [5, 5.41) is 10.9. The molecule has 4 N–H and O–H groups in total. The molecule has 0 radical (unpaired) electrons. The number of hydrogen-bond donors (Lipinski definition) is 2. The fourth-order valence-electron chi connectivity index (χ4n) is 2.97. The van der Waals surface area contributed by atoms with Crippen LogP contribution in [0.2, 0.25) is 0 Å². The minimum absolute atomic E-state index is 0.0846. The zero-order chi connectivity index (χ0) is 15.0. The van der Waals surface area contributed by atoms with Crippen LogP contribution in [0.4, 0.5) is 0 Å². The van der Waals surface area contributed by atoms with Crippen LogP contribution in [0.15, 0.2) is 41.8 Å². The standard InChI is InChI=1S/C16H19N3OS/c1-16(2)12-9-11(20)5-4-10(12)8-13(14(16)17)21-15-18-6-3-7-19-15/h3-7,9,13-14,20H,8,17H2,1-2H3/p+1. The molecule has 110 valence electrons. The summed E-state index contributed by atoms with van der Waals surface area (Å²) in [4.78, 5) is 8.62. The van der Waals surface area contributed by atoms with E-state index in [4.69, 9.17) is 0 Å². The fraction of sp³-hybridized carbons (Fsp3) is 0.375. The number of phenolic OH excluding ortho intramolecular Hbond substituents is 1. The lowest BCUT2D eigenvalue weighted by Gasteiger charge is -2.40. The van der Waals surface area contributed by atoms with Crippen molar-refractivity contribution in [2.45, 2.75) is 42.1 Å². The molecule has 2 unspecified atom stereocenters. The number of benzene rings is 1. The molecule has 2 atom stereocenters. The number of hydrogen-bond acceptors (Lipinski definition) is 4. The highest BCUT2D eigenvalue weighted by Gasteiger charge is 2.44. The Morgan fingerprint density at radius 3 is 2.71 bits per heavy atom. The normalized spacial score (nSPS) is 23.6. The van der Waals surface area contributed by atoms with Crippen molar-refractivity contribution in [3.8, 4) is 5.75 Å². The lowest BCUT2D eigenvalue weighted by atomic mass is 9.69. The van der Waals surface area contributed by atoms with Crippen molar-refractivity contribution >= 4 is 11.8 Å². The maximum atomic E-state index is 9.76. The summed E-state index contributed by atoms with van der Waals surface area (Å²) in [6.07, 6.45) is 4.47. The maximum Gasteiger partial charge on any atom is 0.187 e. The summed E-state index contributed by atoms with van der Waals surface area (Å²) in [5.74, 6) is 0.325. The monoisotopic (exact) mass is 302 g/mol. The number of fused-ring (bicyclic) bond motifs is 1. The van der Waals surface area contributed by atoms with Gasteiger partial charge in [0.1, 0.15) is 11.8 Å². The second-order valence-electron chi connectivity index (χ2n) is 6.06. The Balaban J connectivity index is 1.94. The summed E-state index contributed by atoms with van der Waals surface area (Å²) >= 11 is 1.70. The minimum Gasteiger partial charge on any atom is -0.508 e. The Bertz CT molecular complexity index is 645. The highest BCUT2D eigenvalue weighted by molar-refractivity contribution is 7.99. The van der Waals surface area contributed by atoms with E-state index in [9.17, 15) is 5.11 Å². The molecule has 0 spiro atoms. The van der Waals surface area contributed by atoms with Gasteiger partial charge in [-0.1, -0.05) is 31.7 Å². The lowest BCUT2D eigenvalue weighted by molar-refractivity contribution is -0.435. The Morgan fingerprint density at radius 1 is 1.29 bits per heavy atom. The predicted molar refractivity (Wildman–Crippen MR) is 83.2 cm³/mol. The molecule has 0 fully saturated rings. The molecule has 21 heavy (non-hydrogen) atoms. The minimum atomic E-state index is -0.0846. The number of quaternary nitrogens is 1. The average molecular weight is 302 g/mol. The molecule has 0 aliphatic heterocycles. The third kappa shape index (κ3) is 2.63. The van der Waals surface area contributed by atoms with Crippen LogP contribution < -0.4 is 5.73 Å². The van der Waals surface area contributed by atoms with Crippen LogP contribution in [0.25, 0.3) is 0 Å². The zero-order valence-corrected chi connectivity index (χ0v) is 13.1. The van der Waals surface area contributed by atoms with Gasteiger partial charge in [0.25, 0.3) is 0 Å². The van der Waals surface area contributed by atoms with E-state index in [1.165, 1.54) is 11.1 Å². The number of aromatic hydroxyl groups is 1. The van der Waals surface area contributed by atoms with Gasteiger partial charge < -0.3 is 10.8 Å². The van der Waals surface area contributed by atoms with Crippen molar-refractivity contribution in [2.24, 2.45) is 0 Å². The van der Waals surface area contributed by atoms with Gasteiger partial charge in [-0.2, -0.15) is 0 Å². The molecule has 4 nitrogen and oxygen atoms in total. The molecule has 1 aromatic heterocycles. The molecule has 1 aromatic carbocycles. The number of nitrogens with zero attached hydrogens (tertiary/aromatic N) is 2. The van der Waals surface area contributed by atoms with E-state index in [-0.39, 0.29) is 11.5 Å². The lowest BCUT2D eigenvalue weighted by Crippen LogP contribution is -2.74. The predicted octanol–water partition coefficient (Wildman–Crippen LogP) is 1.79. The van der Waals surface area contributed by atoms with Crippen LogP contribution in [0.3, 0.4) is 0 Å². The molecule has 0 saturated heterocycles. The van der Waals surface area contributed by atoms with Crippen molar-refractivity contribution in [1.82, 2.24) is 9.97 Å². The van der Waals surface area contributed by atoms with Gasteiger partial charge in [0, 0.05) is 17.8 Å². The van der Waals surface area contributed by atoms with Gasteiger partial charge >= 0.3 is 0 Å². The third-order valence-corrected chi connectivity index (χ3v) is 5.60. The van der Waals surface area contributed by atoms with Crippen molar-refractivity contribution in [1.29, 1.82) is 0 Å². The first-order chi connectivity index (χ1) is 9.98. The summed E-state index contributed by atoms with van der Waals surface area (Å²) in [7, 11) is 0. The van der Waals surface area contributed by atoms with E-state index in [1.807, 2.05) is 18.2 Å². The summed E-state index contributed by atoms with van der Waals surface area (Å²) in [5.41, 5.74) is 6.80. The first-order valence-corrected chi connectivity index (χ1v) is 7.95. The second-order valence-corrected chi connectivity index (χ2v) is 7.27. The van der Waals surface area contributed by atoms with Gasteiger partial charge in [-0.05, 0) is 35.7 Å². The molecule has 3 rings (SSSR count). The molecular formula is C16H20N3OS+. The molecule has 0 saturated carbocycles. The SMILES string of the molecule is CC1(C)c2cc(O)ccc2CC(Sc2ncccn2)C1[NH3+]. The second kappa shape index (κ2) is 5.31. The Kier molecular flexibility index (Phi) is 3.63. The molecule has 2 aromatic rings. The third-order valence-electron chi connectivity index (χ3n) is 4.38. The van der Waals surface area contributed by atoms with Crippen molar-refractivity contribution in [2.75, 3.05) is 0 Å². The zero-order valence-electron chi connectivity index (χ0n) is 12.3. The van der Waals surface area contributed by atoms with E-state index in [0.29, 0.717) is 11.0 Å². The van der Waals surface area contributed by atoms with Gasteiger partial charge in [-0.25, -0.2) is 9.97 Å². The van der Waals surface area contributed by atoms with Gasteiger partial charge in [-0.3, -0.25) is 0 Å². The van der Waals surface area contributed by atoms with E-state index in [2.05, 4.69) is 29.5 Å².